The Morgan fingerprint density at radius 2 is 1.63 bits per heavy atom. The molecule has 2 N–H and O–H groups in total. The van der Waals surface area contributed by atoms with Crippen LogP contribution >= 0.6 is 0 Å². The Morgan fingerprint density at radius 3 is 2.32 bits per heavy atom. The summed E-state index contributed by atoms with van der Waals surface area (Å²) in [6.45, 7) is 4.21. The molecule has 0 radical (unpaired) electrons. The highest BCUT2D eigenvalue weighted by molar-refractivity contribution is 4.83. The van der Waals surface area contributed by atoms with Crippen LogP contribution in [0.25, 0.3) is 0 Å². The van der Waals surface area contributed by atoms with Gasteiger partial charge in [0, 0.05) is 6.04 Å². The Bertz CT molecular complexity index is 251. The molecular weight excluding hydrogens is 238 g/mol. The zero-order chi connectivity index (χ0) is 13.7. The van der Waals surface area contributed by atoms with Crippen LogP contribution < -0.4 is 5.73 Å². The van der Waals surface area contributed by atoms with E-state index in [2.05, 4.69) is 13.8 Å². The first-order valence-corrected chi connectivity index (χ1v) is 8.21. The van der Waals surface area contributed by atoms with Gasteiger partial charge in [-0.25, -0.2) is 0 Å². The van der Waals surface area contributed by atoms with Gasteiger partial charge in [0.2, 0.25) is 0 Å². The summed E-state index contributed by atoms with van der Waals surface area (Å²) in [4.78, 5) is 0. The maximum absolute atomic E-state index is 6.39. The first kappa shape index (κ1) is 15.3. The van der Waals surface area contributed by atoms with E-state index in [9.17, 15) is 0 Å². The predicted molar refractivity (Wildman–Crippen MR) is 78.2 cm³/mol. The topological polar surface area (TPSA) is 44.5 Å². The van der Waals surface area contributed by atoms with Gasteiger partial charge < -0.3 is 15.2 Å². The molecule has 3 atom stereocenters. The van der Waals surface area contributed by atoms with Gasteiger partial charge in [-0.1, -0.05) is 19.3 Å². The van der Waals surface area contributed by atoms with Crippen LogP contribution in [0.5, 0.6) is 0 Å². The van der Waals surface area contributed by atoms with E-state index in [0.717, 1.165) is 19.3 Å². The maximum atomic E-state index is 6.39. The average molecular weight is 269 g/mol. The van der Waals surface area contributed by atoms with Crippen molar-refractivity contribution < 1.29 is 9.47 Å². The third-order valence-electron chi connectivity index (χ3n) is 4.38. The third kappa shape index (κ3) is 5.05. The molecule has 0 amide bonds. The molecule has 2 aliphatic rings. The first-order chi connectivity index (χ1) is 9.15. The van der Waals surface area contributed by atoms with Crippen molar-refractivity contribution in [1.29, 1.82) is 0 Å². The van der Waals surface area contributed by atoms with Crippen LogP contribution in [0, 0.1) is 0 Å². The van der Waals surface area contributed by atoms with Gasteiger partial charge in [-0.15, -0.1) is 0 Å². The summed E-state index contributed by atoms with van der Waals surface area (Å²) in [5, 5.41) is 0. The molecule has 2 saturated carbocycles. The maximum Gasteiger partial charge on any atom is 0.0855 e. The summed E-state index contributed by atoms with van der Waals surface area (Å²) < 4.78 is 12.5. The Kier molecular flexibility index (Phi) is 6.11. The minimum Gasteiger partial charge on any atom is -0.373 e. The summed E-state index contributed by atoms with van der Waals surface area (Å²) in [6, 6.07) is 0.281. The van der Waals surface area contributed by atoms with E-state index in [4.69, 9.17) is 15.2 Å². The Labute approximate surface area is 118 Å². The lowest BCUT2D eigenvalue weighted by Crippen LogP contribution is -2.38. The van der Waals surface area contributed by atoms with E-state index in [-0.39, 0.29) is 24.4 Å². The monoisotopic (exact) mass is 269 g/mol. The van der Waals surface area contributed by atoms with E-state index in [1.807, 2.05) is 0 Å². The van der Waals surface area contributed by atoms with Crippen LogP contribution in [0.1, 0.15) is 71.6 Å². The van der Waals surface area contributed by atoms with Crippen molar-refractivity contribution in [2.75, 3.05) is 0 Å². The zero-order valence-corrected chi connectivity index (χ0v) is 12.6. The average Bonchev–Trinajstić information content (AvgIpc) is 2.52. The van der Waals surface area contributed by atoms with Crippen molar-refractivity contribution >= 4 is 0 Å². The van der Waals surface area contributed by atoms with Crippen LogP contribution in [-0.4, -0.2) is 30.5 Å². The molecule has 2 aliphatic carbocycles. The van der Waals surface area contributed by atoms with Crippen molar-refractivity contribution in [3.05, 3.63) is 0 Å². The third-order valence-corrected chi connectivity index (χ3v) is 4.38. The highest BCUT2D eigenvalue weighted by Gasteiger charge is 2.31. The molecule has 0 aliphatic heterocycles. The van der Waals surface area contributed by atoms with Crippen molar-refractivity contribution in [1.82, 2.24) is 0 Å². The number of nitrogens with two attached hydrogens (primary N) is 1. The van der Waals surface area contributed by atoms with Gasteiger partial charge in [-0.05, 0) is 52.4 Å². The fourth-order valence-corrected chi connectivity index (χ4v) is 3.43. The molecule has 0 aromatic carbocycles. The van der Waals surface area contributed by atoms with E-state index in [1.165, 1.54) is 38.5 Å². The molecule has 0 bridgehead atoms. The molecule has 19 heavy (non-hydrogen) atoms. The van der Waals surface area contributed by atoms with Crippen LogP contribution in [0.15, 0.2) is 0 Å². The lowest BCUT2D eigenvalue weighted by molar-refractivity contribution is -0.126. The Balaban J connectivity index is 1.92. The number of hydrogen-bond donors (Lipinski definition) is 1. The predicted octanol–water partition coefficient (Wildman–Crippen LogP) is 3.40. The Morgan fingerprint density at radius 1 is 0.895 bits per heavy atom. The molecule has 0 heterocycles. The second-order valence-corrected chi connectivity index (χ2v) is 6.58. The molecule has 2 rings (SSSR count). The number of rotatable bonds is 4. The van der Waals surface area contributed by atoms with Gasteiger partial charge >= 0.3 is 0 Å². The molecule has 0 spiro atoms. The largest absolute Gasteiger partial charge is 0.373 e. The molecule has 0 saturated heterocycles. The number of hydrogen-bond acceptors (Lipinski definition) is 3. The zero-order valence-electron chi connectivity index (χ0n) is 12.6. The van der Waals surface area contributed by atoms with Gasteiger partial charge in [0.1, 0.15) is 0 Å². The summed E-state index contributed by atoms with van der Waals surface area (Å²) in [5.41, 5.74) is 6.16. The fourth-order valence-electron chi connectivity index (χ4n) is 3.43. The van der Waals surface area contributed by atoms with Crippen LogP contribution in [0.3, 0.4) is 0 Å². The summed E-state index contributed by atoms with van der Waals surface area (Å²) >= 11 is 0. The molecule has 112 valence electrons. The lowest BCUT2D eigenvalue weighted by Gasteiger charge is -2.33. The SMILES string of the molecule is CC(C)OC1CC(N)CCC[C@H]1OC1CCCCC1. The minimum absolute atomic E-state index is 0.194. The van der Waals surface area contributed by atoms with E-state index in [1.54, 1.807) is 0 Å². The molecule has 0 aromatic rings. The smallest absolute Gasteiger partial charge is 0.0855 e. The fraction of sp³-hybridized carbons (Fsp3) is 1.00. The molecule has 2 fully saturated rings. The van der Waals surface area contributed by atoms with Crippen LogP contribution in [0.4, 0.5) is 0 Å². The molecule has 3 nitrogen and oxygen atoms in total. The van der Waals surface area contributed by atoms with Crippen molar-refractivity contribution in [2.24, 2.45) is 5.73 Å². The quantitative estimate of drug-likeness (QED) is 0.796. The van der Waals surface area contributed by atoms with Crippen molar-refractivity contribution in [3.8, 4) is 0 Å². The minimum atomic E-state index is 0.194. The van der Waals surface area contributed by atoms with Crippen molar-refractivity contribution in [2.45, 2.75) is 102 Å². The van der Waals surface area contributed by atoms with Gasteiger partial charge in [0.05, 0.1) is 24.4 Å². The van der Waals surface area contributed by atoms with Crippen LogP contribution in [-0.2, 0) is 9.47 Å². The number of ether oxygens (including phenoxy) is 2. The normalized spacial score (nSPS) is 34.4. The molecule has 3 heteroatoms. The second kappa shape index (κ2) is 7.61. The summed E-state index contributed by atoms with van der Waals surface area (Å²) in [7, 11) is 0. The lowest BCUT2D eigenvalue weighted by atomic mass is 9.97. The van der Waals surface area contributed by atoms with Gasteiger partial charge in [0.15, 0.2) is 0 Å². The van der Waals surface area contributed by atoms with Crippen LogP contribution in [0.2, 0.25) is 0 Å². The van der Waals surface area contributed by atoms with E-state index in [0.29, 0.717) is 6.10 Å². The highest BCUT2D eigenvalue weighted by Crippen LogP contribution is 2.28. The second-order valence-electron chi connectivity index (χ2n) is 6.58. The van der Waals surface area contributed by atoms with E-state index >= 15 is 0 Å². The van der Waals surface area contributed by atoms with Gasteiger partial charge in [-0.3, -0.25) is 0 Å². The molecular formula is C16H31NO2. The molecule has 0 aromatic heterocycles. The Hall–Kier alpha value is -0.120. The van der Waals surface area contributed by atoms with Crippen molar-refractivity contribution in [3.63, 3.8) is 0 Å². The first-order valence-electron chi connectivity index (χ1n) is 8.21. The van der Waals surface area contributed by atoms with E-state index < -0.39 is 0 Å². The van der Waals surface area contributed by atoms with Gasteiger partial charge in [0.25, 0.3) is 0 Å². The molecule has 2 unspecified atom stereocenters. The van der Waals surface area contributed by atoms with Gasteiger partial charge in [-0.2, -0.15) is 0 Å². The summed E-state index contributed by atoms with van der Waals surface area (Å²) in [6.07, 6.45) is 12.0. The summed E-state index contributed by atoms with van der Waals surface area (Å²) in [5.74, 6) is 0. The highest BCUT2D eigenvalue weighted by atomic mass is 16.6. The standard InChI is InChI=1S/C16H31NO2/c1-12(2)18-16-11-13(17)7-6-10-15(16)19-14-8-4-3-5-9-14/h12-16H,3-11,17H2,1-2H3/t13?,15-,16?/m1/s1.